The van der Waals surface area contributed by atoms with Crippen LogP contribution in [-0.2, 0) is 22.4 Å². The predicted octanol–water partition coefficient (Wildman–Crippen LogP) is 2.81. The maximum atomic E-state index is 11.8. The molecule has 1 amide bonds. The third-order valence-corrected chi connectivity index (χ3v) is 4.26. The topological polar surface area (TPSA) is 88.5 Å². The molecule has 0 aliphatic heterocycles. The summed E-state index contributed by atoms with van der Waals surface area (Å²) >= 11 is 13.1. The number of nitrogens with one attached hydrogen (secondary N) is 1. The van der Waals surface area contributed by atoms with Crippen LogP contribution in [0, 0.1) is 0 Å². The van der Waals surface area contributed by atoms with Crippen molar-refractivity contribution in [3.63, 3.8) is 0 Å². The third-order valence-electron chi connectivity index (χ3n) is 2.82. The standard InChI is InChI=1S/C15H14Cl2N2O4S/c16-9-1-2-11(17)12(5-9)23-4-3-18-13(20)7-14-19-10(8-24-14)6-15(21)22/h1-2,5,8H,3-4,6-7H2,(H,18,20)(H,21,22). The Kier molecular flexibility index (Phi) is 6.84. The number of hydrogen-bond acceptors (Lipinski definition) is 5. The fourth-order valence-electron chi connectivity index (χ4n) is 1.81. The van der Waals surface area contributed by atoms with E-state index in [1.165, 1.54) is 11.3 Å². The molecule has 2 rings (SSSR count). The van der Waals surface area contributed by atoms with E-state index >= 15 is 0 Å². The molecule has 1 heterocycles. The van der Waals surface area contributed by atoms with Crippen molar-refractivity contribution in [3.05, 3.63) is 44.3 Å². The Morgan fingerprint density at radius 2 is 2.08 bits per heavy atom. The second-order valence-electron chi connectivity index (χ2n) is 4.75. The zero-order valence-corrected chi connectivity index (χ0v) is 14.7. The zero-order valence-electron chi connectivity index (χ0n) is 12.4. The van der Waals surface area contributed by atoms with Crippen LogP contribution in [0.1, 0.15) is 10.7 Å². The maximum absolute atomic E-state index is 11.8. The summed E-state index contributed by atoms with van der Waals surface area (Å²) in [5.41, 5.74) is 0.453. The largest absolute Gasteiger partial charge is 0.490 e. The number of nitrogens with zero attached hydrogens (tertiary/aromatic N) is 1. The van der Waals surface area contributed by atoms with Crippen molar-refractivity contribution < 1.29 is 19.4 Å². The van der Waals surface area contributed by atoms with E-state index in [1.54, 1.807) is 23.6 Å². The number of aliphatic carboxylic acids is 1. The van der Waals surface area contributed by atoms with E-state index in [9.17, 15) is 9.59 Å². The second-order valence-corrected chi connectivity index (χ2v) is 6.54. The van der Waals surface area contributed by atoms with Gasteiger partial charge in [-0.25, -0.2) is 4.98 Å². The molecular formula is C15H14Cl2N2O4S. The number of thiazole rings is 1. The minimum atomic E-state index is -0.951. The molecule has 1 aromatic heterocycles. The molecule has 0 unspecified atom stereocenters. The van der Waals surface area contributed by atoms with Gasteiger partial charge in [-0.1, -0.05) is 23.2 Å². The molecule has 0 aliphatic rings. The summed E-state index contributed by atoms with van der Waals surface area (Å²) in [5, 5.41) is 14.6. The first-order valence-electron chi connectivity index (χ1n) is 6.93. The fraction of sp³-hybridized carbons (Fsp3) is 0.267. The van der Waals surface area contributed by atoms with Gasteiger partial charge in [-0.3, -0.25) is 9.59 Å². The number of ether oxygens (including phenoxy) is 1. The van der Waals surface area contributed by atoms with Crippen molar-refractivity contribution in [2.45, 2.75) is 12.8 Å². The lowest BCUT2D eigenvalue weighted by molar-refractivity contribution is -0.136. The minimum Gasteiger partial charge on any atom is -0.490 e. The highest BCUT2D eigenvalue weighted by atomic mass is 35.5. The molecule has 0 radical (unpaired) electrons. The van der Waals surface area contributed by atoms with E-state index in [-0.39, 0.29) is 25.4 Å². The Morgan fingerprint density at radius 3 is 2.83 bits per heavy atom. The molecule has 0 saturated carbocycles. The monoisotopic (exact) mass is 388 g/mol. The van der Waals surface area contributed by atoms with Crippen molar-refractivity contribution in [1.82, 2.24) is 10.3 Å². The van der Waals surface area contributed by atoms with Gasteiger partial charge < -0.3 is 15.2 Å². The number of halogens is 2. The normalized spacial score (nSPS) is 10.4. The molecule has 0 spiro atoms. The molecule has 0 atom stereocenters. The van der Waals surface area contributed by atoms with Crippen molar-refractivity contribution >= 4 is 46.4 Å². The van der Waals surface area contributed by atoms with Crippen LogP contribution in [0.25, 0.3) is 0 Å². The number of rotatable bonds is 8. The average Bonchev–Trinajstić information content (AvgIpc) is 2.93. The molecule has 1 aromatic carbocycles. The van der Waals surface area contributed by atoms with Gasteiger partial charge in [-0.05, 0) is 12.1 Å². The summed E-state index contributed by atoms with van der Waals surface area (Å²) in [4.78, 5) is 26.5. The van der Waals surface area contributed by atoms with Crippen molar-refractivity contribution in [2.75, 3.05) is 13.2 Å². The van der Waals surface area contributed by atoms with Gasteiger partial charge in [-0.2, -0.15) is 0 Å². The van der Waals surface area contributed by atoms with Crippen molar-refractivity contribution in [1.29, 1.82) is 0 Å². The molecular weight excluding hydrogens is 375 g/mol. The first kappa shape index (κ1) is 18.5. The summed E-state index contributed by atoms with van der Waals surface area (Å²) in [6.45, 7) is 0.545. The molecule has 2 N–H and O–H groups in total. The lowest BCUT2D eigenvalue weighted by atomic mass is 10.3. The van der Waals surface area contributed by atoms with Crippen molar-refractivity contribution in [3.8, 4) is 5.75 Å². The van der Waals surface area contributed by atoms with Crippen molar-refractivity contribution in [2.24, 2.45) is 0 Å². The smallest absolute Gasteiger partial charge is 0.309 e. The van der Waals surface area contributed by atoms with E-state index in [2.05, 4.69) is 10.3 Å². The zero-order chi connectivity index (χ0) is 17.5. The molecule has 6 nitrogen and oxygen atoms in total. The van der Waals surface area contributed by atoms with Crippen LogP contribution in [0.15, 0.2) is 23.6 Å². The van der Waals surface area contributed by atoms with Crippen LogP contribution in [-0.4, -0.2) is 35.1 Å². The van der Waals surface area contributed by atoms with E-state index < -0.39 is 5.97 Å². The van der Waals surface area contributed by atoms with E-state index in [1.807, 2.05) is 0 Å². The average molecular weight is 389 g/mol. The van der Waals surface area contributed by atoms with Crippen LogP contribution < -0.4 is 10.1 Å². The molecule has 128 valence electrons. The highest BCUT2D eigenvalue weighted by Gasteiger charge is 2.10. The van der Waals surface area contributed by atoms with Crippen LogP contribution in [0.5, 0.6) is 5.75 Å². The number of carboxylic acids is 1. The Labute approximate surface area is 152 Å². The molecule has 0 saturated heterocycles. The molecule has 24 heavy (non-hydrogen) atoms. The summed E-state index contributed by atoms with van der Waals surface area (Å²) in [6.07, 6.45) is -0.0471. The number of amides is 1. The van der Waals surface area contributed by atoms with Gasteiger partial charge in [0.2, 0.25) is 5.91 Å². The van der Waals surface area contributed by atoms with Gasteiger partial charge >= 0.3 is 5.97 Å². The van der Waals surface area contributed by atoms with Crippen LogP contribution >= 0.6 is 34.5 Å². The molecule has 9 heteroatoms. The SMILES string of the molecule is O=C(O)Cc1csc(CC(=O)NCCOc2cc(Cl)ccc2Cl)n1. The number of benzene rings is 1. The summed E-state index contributed by atoms with van der Waals surface area (Å²) < 4.78 is 5.46. The van der Waals surface area contributed by atoms with E-state index in [4.69, 9.17) is 33.0 Å². The van der Waals surface area contributed by atoms with Gasteiger partial charge in [0.1, 0.15) is 17.4 Å². The Morgan fingerprint density at radius 1 is 1.29 bits per heavy atom. The fourth-order valence-corrected chi connectivity index (χ4v) is 2.93. The molecule has 0 bridgehead atoms. The van der Waals surface area contributed by atoms with Crippen LogP contribution in [0.4, 0.5) is 0 Å². The summed E-state index contributed by atoms with van der Waals surface area (Å²) in [7, 11) is 0. The Bertz CT molecular complexity index is 736. The second kappa shape index (κ2) is 8.86. The first-order valence-corrected chi connectivity index (χ1v) is 8.57. The summed E-state index contributed by atoms with van der Waals surface area (Å²) in [6, 6.07) is 4.89. The Balaban J connectivity index is 1.72. The van der Waals surface area contributed by atoms with Gasteiger partial charge in [0.15, 0.2) is 0 Å². The van der Waals surface area contributed by atoms with Gasteiger partial charge in [0, 0.05) is 16.5 Å². The number of carbonyl (C=O) groups excluding carboxylic acids is 1. The maximum Gasteiger partial charge on any atom is 0.309 e. The van der Waals surface area contributed by atoms with E-state index in [0.29, 0.717) is 33.0 Å². The number of hydrogen-bond donors (Lipinski definition) is 2. The first-order chi connectivity index (χ1) is 11.4. The summed E-state index contributed by atoms with van der Waals surface area (Å²) in [5.74, 6) is -0.711. The number of aromatic nitrogens is 1. The molecule has 0 fully saturated rings. The quantitative estimate of drug-likeness (QED) is 0.678. The Hall–Kier alpha value is -1.83. The van der Waals surface area contributed by atoms with E-state index in [0.717, 1.165) is 0 Å². The van der Waals surface area contributed by atoms with Gasteiger partial charge in [0.05, 0.1) is 30.1 Å². The minimum absolute atomic E-state index is 0.0994. The highest BCUT2D eigenvalue weighted by molar-refractivity contribution is 7.09. The third kappa shape index (κ3) is 5.99. The highest BCUT2D eigenvalue weighted by Crippen LogP contribution is 2.27. The van der Waals surface area contributed by atoms with Crippen LogP contribution in [0.2, 0.25) is 10.0 Å². The van der Waals surface area contributed by atoms with Gasteiger partial charge in [-0.15, -0.1) is 11.3 Å². The lowest BCUT2D eigenvalue weighted by Gasteiger charge is -2.09. The predicted molar refractivity (Wildman–Crippen MR) is 92.1 cm³/mol. The van der Waals surface area contributed by atoms with Gasteiger partial charge in [0.25, 0.3) is 0 Å². The lowest BCUT2D eigenvalue weighted by Crippen LogP contribution is -2.29. The number of carbonyl (C=O) groups is 2. The molecule has 0 aliphatic carbocycles. The molecule has 2 aromatic rings. The van der Waals surface area contributed by atoms with Crippen LogP contribution in [0.3, 0.4) is 0 Å². The number of carboxylic acid groups (broad SMARTS) is 1.